The van der Waals surface area contributed by atoms with Crippen LogP contribution in [0.2, 0.25) is 0 Å². The summed E-state index contributed by atoms with van der Waals surface area (Å²) in [6.07, 6.45) is 3.87. The summed E-state index contributed by atoms with van der Waals surface area (Å²) in [5, 5.41) is 1.11. The molecule has 0 aromatic heterocycles. The van der Waals surface area contributed by atoms with Crippen molar-refractivity contribution in [2.75, 3.05) is 31.9 Å². The van der Waals surface area contributed by atoms with E-state index >= 15 is 0 Å². The first kappa shape index (κ1) is 24.9. The van der Waals surface area contributed by atoms with Crippen molar-refractivity contribution in [3.63, 3.8) is 0 Å². The Balaban J connectivity index is 1.30. The number of amides is 2. The number of hydrogen-bond donors (Lipinski definition) is 0. The van der Waals surface area contributed by atoms with Gasteiger partial charge in [-0.1, -0.05) is 42.5 Å². The highest BCUT2D eigenvalue weighted by Gasteiger charge is 2.43. The van der Waals surface area contributed by atoms with Crippen LogP contribution in [0.15, 0.2) is 60.0 Å². The van der Waals surface area contributed by atoms with Crippen LogP contribution in [0.1, 0.15) is 52.5 Å². The first-order valence-electron chi connectivity index (χ1n) is 11.8. The van der Waals surface area contributed by atoms with E-state index in [4.69, 9.17) is 0 Å². The third kappa shape index (κ3) is 6.06. The standard InChI is InChI=1S/C27H30N2O5S/c1-21(30)23-7-9-24(10-8-23)26(32)28-15-12-27(13-16-28)14-17-29(20-27)25(31)19-35(33,34)18-11-22-5-3-2-4-6-22/h2-11,18H,12-17,19-20H2,1H3. The molecule has 35 heavy (non-hydrogen) atoms. The minimum atomic E-state index is -3.66. The molecule has 0 bridgehead atoms. The molecule has 0 N–H and O–H groups in total. The molecule has 184 valence electrons. The smallest absolute Gasteiger partial charge is 0.253 e. The van der Waals surface area contributed by atoms with Crippen LogP contribution >= 0.6 is 0 Å². The van der Waals surface area contributed by atoms with E-state index < -0.39 is 15.6 Å². The maximum atomic E-state index is 12.9. The predicted molar refractivity (Wildman–Crippen MR) is 134 cm³/mol. The van der Waals surface area contributed by atoms with Crippen molar-refractivity contribution in [1.82, 2.24) is 9.80 Å². The fourth-order valence-corrected chi connectivity index (χ4v) is 5.82. The summed E-state index contributed by atoms with van der Waals surface area (Å²) in [7, 11) is -3.66. The zero-order valence-electron chi connectivity index (χ0n) is 19.9. The molecule has 1 spiro atoms. The van der Waals surface area contributed by atoms with Crippen molar-refractivity contribution < 1.29 is 22.8 Å². The highest BCUT2D eigenvalue weighted by Crippen LogP contribution is 2.40. The number of carbonyl (C=O) groups excluding carboxylic acids is 3. The van der Waals surface area contributed by atoms with Gasteiger partial charge in [-0.05, 0) is 55.4 Å². The SMILES string of the molecule is CC(=O)c1ccc(C(=O)N2CCC3(CCN(C(=O)CS(=O)(=O)C=Cc4ccccc4)C3)CC2)cc1. The summed E-state index contributed by atoms with van der Waals surface area (Å²) in [6.45, 7) is 3.74. The Hall–Kier alpha value is -3.26. The number of ketones is 1. The van der Waals surface area contributed by atoms with Gasteiger partial charge in [0.15, 0.2) is 15.6 Å². The molecule has 0 aliphatic carbocycles. The first-order chi connectivity index (χ1) is 16.7. The molecule has 2 aliphatic rings. The van der Waals surface area contributed by atoms with Crippen molar-refractivity contribution in [1.29, 1.82) is 0 Å². The molecular formula is C27H30N2O5S. The number of benzene rings is 2. The molecule has 2 amide bonds. The number of likely N-dealkylation sites (tertiary alicyclic amines) is 2. The lowest BCUT2D eigenvalue weighted by atomic mass is 9.77. The molecule has 2 aromatic rings. The predicted octanol–water partition coefficient (Wildman–Crippen LogP) is 3.43. The van der Waals surface area contributed by atoms with E-state index in [1.54, 1.807) is 41.3 Å². The Labute approximate surface area is 206 Å². The van der Waals surface area contributed by atoms with Crippen molar-refractivity contribution in [2.45, 2.75) is 26.2 Å². The lowest BCUT2D eigenvalue weighted by molar-refractivity contribution is -0.128. The third-order valence-electron chi connectivity index (χ3n) is 7.03. The molecule has 2 heterocycles. The van der Waals surface area contributed by atoms with E-state index in [0.717, 1.165) is 30.2 Å². The number of Topliss-reactive ketones (excluding diaryl/α,β-unsaturated/α-hetero) is 1. The Morgan fingerprint density at radius 1 is 0.857 bits per heavy atom. The van der Waals surface area contributed by atoms with Gasteiger partial charge in [0.1, 0.15) is 5.75 Å². The lowest BCUT2D eigenvalue weighted by Gasteiger charge is -2.39. The maximum absolute atomic E-state index is 12.9. The molecule has 0 saturated carbocycles. The average molecular weight is 495 g/mol. The number of rotatable bonds is 6. The quantitative estimate of drug-likeness (QED) is 0.574. The lowest BCUT2D eigenvalue weighted by Crippen LogP contribution is -2.45. The second kappa shape index (κ2) is 10.2. The van der Waals surface area contributed by atoms with Crippen molar-refractivity contribution in [3.8, 4) is 0 Å². The van der Waals surface area contributed by atoms with Crippen LogP contribution in [-0.4, -0.2) is 67.7 Å². The number of carbonyl (C=O) groups is 3. The van der Waals surface area contributed by atoms with E-state index in [0.29, 0.717) is 37.3 Å². The maximum Gasteiger partial charge on any atom is 0.253 e. The molecule has 2 saturated heterocycles. The normalized spacial score (nSPS) is 17.7. The van der Waals surface area contributed by atoms with E-state index in [1.807, 2.05) is 23.1 Å². The summed E-state index contributed by atoms with van der Waals surface area (Å²) < 4.78 is 24.9. The summed E-state index contributed by atoms with van der Waals surface area (Å²) in [5.74, 6) is -1.00. The van der Waals surface area contributed by atoms with Gasteiger partial charge in [-0.15, -0.1) is 0 Å². The second-order valence-electron chi connectivity index (χ2n) is 9.51. The van der Waals surface area contributed by atoms with E-state index in [2.05, 4.69) is 0 Å². The molecular weight excluding hydrogens is 464 g/mol. The third-order valence-corrected chi connectivity index (χ3v) is 8.23. The van der Waals surface area contributed by atoms with Crippen LogP contribution in [-0.2, 0) is 14.6 Å². The Morgan fingerprint density at radius 2 is 1.43 bits per heavy atom. The zero-order valence-corrected chi connectivity index (χ0v) is 20.7. The van der Waals surface area contributed by atoms with E-state index in [-0.39, 0.29) is 23.0 Å². The van der Waals surface area contributed by atoms with Gasteiger partial charge in [-0.2, -0.15) is 0 Å². The Kier molecular flexibility index (Phi) is 7.21. The Morgan fingerprint density at radius 3 is 2.03 bits per heavy atom. The molecule has 8 heteroatoms. The number of sulfone groups is 1. The van der Waals surface area contributed by atoms with Gasteiger partial charge in [0.25, 0.3) is 5.91 Å². The highest BCUT2D eigenvalue weighted by atomic mass is 32.2. The molecule has 0 radical (unpaired) electrons. The van der Waals surface area contributed by atoms with Gasteiger partial charge >= 0.3 is 0 Å². The van der Waals surface area contributed by atoms with Crippen LogP contribution in [0.25, 0.3) is 6.08 Å². The summed E-state index contributed by atoms with van der Waals surface area (Å²) in [4.78, 5) is 40.6. The van der Waals surface area contributed by atoms with Crippen molar-refractivity contribution in [2.24, 2.45) is 5.41 Å². The van der Waals surface area contributed by atoms with Gasteiger partial charge in [0, 0.05) is 42.7 Å². The fraction of sp³-hybridized carbons (Fsp3) is 0.370. The van der Waals surface area contributed by atoms with Crippen LogP contribution < -0.4 is 0 Å². The van der Waals surface area contributed by atoms with Gasteiger partial charge in [-0.25, -0.2) is 8.42 Å². The van der Waals surface area contributed by atoms with Crippen LogP contribution in [0.4, 0.5) is 0 Å². The zero-order chi connectivity index (χ0) is 25.1. The summed E-state index contributed by atoms with van der Waals surface area (Å²) in [6, 6.07) is 15.8. The fourth-order valence-electron chi connectivity index (χ4n) is 4.83. The number of piperidine rings is 1. The van der Waals surface area contributed by atoms with Gasteiger partial charge in [0.2, 0.25) is 5.91 Å². The number of hydrogen-bond acceptors (Lipinski definition) is 5. The summed E-state index contributed by atoms with van der Waals surface area (Å²) in [5.41, 5.74) is 1.82. The average Bonchev–Trinajstić information content (AvgIpc) is 3.27. The molecule has 2 aliphatic heterocycles. The molecule has 2 aromatic carbocycles. The topological polar surface area (TPSA) is 91.8 Å². The molecule has 2 fully saturated rings. The largest absolute Gasteiger partial charge is 0.341 e. The molecule has 0 atom stereocenters. The van der Waals surface area contributed by atoms with Crippen molar-refractivity contribution >= 4 is 33.5 Å². The van der Waals surface area contributed by atoms with Gasteiger partial charge in [0.05, 0.1) is 0 Å². The van der Waals surface area contributed by atoms with Crippen LogP contribution in [0.3, 0.4) is 0 Å². The summed E-state index contributed by atoms with van der Waals surface area (Å²) >= 11 is 0. The van der Waals surface area contributed by atoms with Gasteiger partial charge < -0.3 is 9.80 Å². The highest BCUT2D eigenvalue weighted by molar-refractivity contribution is 7.95. The van der Waals surface area contributed by atoms with E-state index in [1.165, 1.54) is 13.0 Å². The number of nitrogens with zero attached hydrogens (tertiary/aromatic N) is 2. The monoisotopic (exact) mass is 494 g/mol. The minimum Gasteiger partial charge on any atom is -0.341 e. The first-order valence-corrected chi connectivity index (χ1v) is 13.5. The van der Waals surface area contributed by atoms with Crippen LogP contribution in [0, 0.1) is 5.41 Å². The van der Waals surface area contributed by atoms with Crippen LogP contribution in [0.5, 0.6) is 0 Å². The van der Waals surface area contributed by atoms with Crippen molar-refractivity contribution in [3.05, 3.63) is 76.7 Å². The molecule has 7 nitrogen and oxygen atoms in total. The second-order valence-corrected chi connectivity index (χ2v) is 11.4. The van der Waals surface area contributed by atoms with Gasteiger partial charge in [-0.3, -0.25) is 14.4 Å². The van der Waals surface area contributed by atoms with E-state index in [9.17, 15) is 22.8 Å². The molecule has 4 rings (SSSR count). The minimum absolute atomic E-state index is 0.0377. The molecule has 0 unspecified atom stereocenters. The Bertz CT molecular complexity index is 1230.